The molecular weight excluding hydrogens is 122 g/mol. The first-order valence-corrected chi connectivity index (χ1v) is 2.71. The highest BCUT2D eigenvalue weighted by Gasteiger charge is 1.83. The summed E-state index contributed by atoms with van der Waals surface area (Å²) >= 11 is 4.43. The van der Waals surface area contributed by atoms with E-state index in [2.05, 4.69) is 18.8 Å². The number of thiocarbonyl (C=S) groups is 1. The van der Waals surface area contributed by atoms with Gasteiger partial charge >= 0.3 is 0 Å². The van der Waals surface area contributed by atoms with Crippen molar-refractivity contribution in [3.05, 3.63) is 12.7 Å². The van der Waals surface area contributed by atoms with Gasteiger partial charge in [0.1, 0.15) is 0 Å². The molecule has 0 heterocycles. The molecule has 0 aromatic heterocycles. The van der Waals surface area contributed by atoms with E-state index in [9.17, 15) is 0 Å². The van der Waals surface area contributed by atoms with E-state index in [1.54, 1.807) is 6.08 Å². The maximum Gasteiger partial charge on any atom is 0.253 e. The summed E-state index contributed by atoms with van der Waals surface area (Å²) in [7, 11) is 0. The van der Waals surface area contributed by atoms with Gasteiger partial charge in [0.25, 0.3) is 5.17 Å². The van der Waals surface area contributed by atoms with Gasteiger partial charge in [-0.2, -0.15) is 0 Å². The second-order valence-electron chi connectivity index (χ2n) is 1.24. The molecule has 2 nitrogen and oxygen atoms in total. The average molecular weight is 131 g/mol. The zero-order chi connectivity index (χ0) is 6.41. The zero-order valence-corrected chi connectivity index (χ0v) is 5.41. The Morgan fingerprint density at radius 1 is 1.88 bits per heavy atom. The lowest BCUT2D eigenvalue weighted by atomic mass is 10.5. The van der Waals surface area contributed by atoms with Crippen LogP contribution in [0.1, 0.15) is 6.42 Å². The molecule has 3 heteroatoms. The van der Waals surface area contributed by atoms with Crippen molar-refractivity contribution >= 4 is 17.4 Å². The van der Waals surface area contributed by atoms with Crippen molar-refractivity contribution in [1.29, 1.82) is 0 Å². The molecule has 0 saturated carbocycles. The maximum absolute atomic E-state index is 5.01. The number of nitrogens with two attached hydrogens (primary N) is 1. The van der Waals surface area contributed by atoms with E-state index in [-0.39, 0.29) is 5.17 Å². The predicted molar refractivity (Wildman–Crippen MR) is 37.6 cm³/mol. The molecule has 0 rings (SSSR count). The van der Waals surface area contributed by atoms with E-state index >= 15 is 0 Å². The number of ether oxygens (including phenoxy) is 1. The summed E-state index contributed by atoms with van der Waals surface area (Å²) in [5, 5.41) is 0.104. The second-order valence-corrected chi connectivity index (χ2v) is 1.65. The van der Waals surface area contributed by atoms with Crippen LogP contribution in [0.15, 0.2) is 12.7 Å². The first-order valence-electron chi connectivity index (χ1n) is 2.30. The smallest absolute Gasteiger partial charge is 0.253 e. The molecule has 0 bridgehead atoms. The van der Waals surface area contributed by atoms with Crippen molar-refractivity contribution < 1.29 is 4.74 Å². The van der Waals surface area contributed by atoms with Crippen LogP contribution in [-0.4, -0.2) is 11.8 Å². The zero-order valence-electron chi connectivity index (χ0n) is 4.59. The molecule has 46 valence electrons. The largest absolute Gasteiger partial charge is 0.471 e. The Hall–Kier alpha value is -0.570. The average Bonchev–Trinajstić information content (AvgIpc) is 1.66. The fourth-order valence-electron chi connectivity index (χ4n) is 0.243. The molecule has 0 spiro atoms. The summed E-state index contributed by atoms with van der Waals surface area (Å²) in [5.74, 6) is 0. The molecule has 0 amide bonds. The molecule has 8 heavy (non-hydrogen) atoms. The number of hydrogen-bond donors (Lipinski definition) is 1. The molecule has 0 radical (unpaired) electrons. The van der Waals surface area contributed by atoms with Crippen LogP contribution >= 0.6 is 12.2 Å². The monoisotopic (exact) mass is 131 g/mol. The Morgan fingerprint density at radius 2 is 2.50 bits per heavy atom. The lowest BCUT2D eigenvalue weighted by Gasteiger charge is -1.97. The first-order chi connectivity index (χ1) is 3.77. The molecule has 0 aliphatic carbocycles. The van der Waals surface area contributed by atoms with Crippen LogP contribution in [-0.2, 0) is 4.74 Å². The summed E-state index contributed by atoms with van der Waals surface area (Å²) in [5.41, 5.74) is 5.01. The van der Waals surface area contributed by atoms with Crippen LogP contribution in [0, 0.1) is 0 Å². The molecule has 0 saturated heterocycles. The van der Waals surface area contributed by atoms with E-state index < -0.39 is 0 Å². The van der Waals surface area contributed by atoms with Gasteiger partial charge in [0.2, 0.25) is 0 Å². The summed E-state index contributed by atoms with van der Waals surface area (Å²) in [6.45, 7) is 4.03. The van der Waals surface area contributed by atoms with Crippen molar-refractivity contribution in [1.82, 2.24) is 0 Å². The van der Waals surface area contributed by atoms with E-state index in [0.717, 1.165) is 6.42 Å². The summed E-state index contributed by atoms with van der Waals surface area (Å²) in [6, 6.07) is 0. The summed E-state index contributed by atoms with van der Waals surface area (Å²) in [4.78, 5) is 0. The predicted octanol–water partition coefficient (Wildman–Crippen LogP) is 0.823. The summed E-state index contributed by atoms with van der Waals surface area (Å²) < 4.78 is 4.72. The van der Waals surface area contributed by atoms with E-state index in [0.29, 0.717) is 6.61 Å². The van der Waals surface area contributed by atoms with Crippen LogP contribution in [0.2, 0.25) is 0 Å². The third-order valence-electron chi connectivity index (χ3n) is 0.566. The van der Waals surface area contributed by atoms with E-state index in [4.69, 9.17) is 10.5 Å². The molecule has 0 aliphatic heterocycles. The van der Waals surface area contributed by atoms with Crippen LogP contribution in [0.3, 0.4) is 0 Å². The Kier molecular flexibility index (Phi) is 4.26. The van der Waals surface area contributed by atoms with Crippen molar-refractivity contribution in [2.24, 2.45) is 5.73 Å². The van der Waals surface area contributed by atoms with Gasteiger partial charge in [0.05, 0.1) is 6.61 Å². The van der Waals surface area contributed by atoms with Gasteiger partial charge in [-0.15, -0.1) is 6.58 Å². The Labute approximate surface area is 54.3 Å². The minimum Gasteiger partial charge on any atom is -0.471 e. The van der Waals surface area contributed by atoms with Gasteiger partial charge in [0, 0.05) is 0 Å². The third kappa shape index (κ3) is 5.43. The topological polar surface area (TPSA) is 35.2 Å². The van der Waals surface area contributed by atoms with Crippen LogP contribution in [0.4, 0.5) is 0 Å². The third-order valence-corrected chi connectivity index (χ3v) is 0.684. The standard InChI is InChI=1S/C5H9NOS/c1-2-3-4-7-5(6)8/h2H,1,3-4H2,(H2,6,8). The minimum absolute atomic E-state index is 0.104. The van der Waals surface area contributed by atoms with Gasteiger partial charge in [0.15, 0.2) is 0 Å². The Bertz CT molecular complexity index is 92.4. The Morgan fingerprint density at radius 3 is 2.88 bits per heavy atom. The highest BCUT2D eigenvalue weighted by Crippen LogP contribution is 1.81. The molecule has 0 aromatic carbocycles. The van der Waals surface area contributed by atoms with E-state index in [1.165, 1.54) is 0 Å². The van der Waals surface area contributed by atoms with Crippen molar-refractivity contribution in [3.63, 3.8) is 0 Å². The van der Waals surface area contributed by atoms with E-state index in [1.807, 2.05) is 0 Å². The van der Waals surface area contributed by atoms with Crippen LogP contribution < -0.4 is 5.73 Å². The first kappa shape index (κ1) is 7.43. The molecular formula is C5H9NOS. The molecule has 2 N–H and O–H groups in total. The number of rotatable bonds is 3. The molecule has 0 aromatic rings. The highest BCUT2D eigenvalue weighted by molar-refractivity contribution is 7.80. The lowest BCUT2D eigenvalue weighted by Crippen LogP contribution is -2.12. The normalized spacial score (nSPS) is 8.00. The molecule has 0 unspecified atom stereocenters. The van der Waals surface area contributed by atoms with Gasteiger partial charge in [-0.25, -0.2) is 0 Å². The maximum atomic E-state index is 5.01. The van der Waals surface area contributed by atoms with Crippen LogP contribution in [0.5, 0.6) is 0 Å². The molecule has 0 aliphatic rings. The second kappa shape index (κ2) is 4.59. The van der Waals surface area contributed by atoms with Crippen molar-refractivity contribution in [3.8, 4) is 0 Å². The van der Waals surface area contributed by atoms with Gasteiger partial charge in [-0.1, -0.05) is 6.08 Å². The van der Waals surface area contributed by atoms with Gasteiger partial charge in [-0.05, 0) is 18.6 Å². The minimum atomic E-state index is 0.104. The fourth-order valence-corrected chi connectivity index (χ4v) is 0.326. The SMILES string of the molecule is C=CCCOC(N)=S. The lowest BCUT2D eigenvalue weighted by molar-refractivity contribution is 0.316. The summed E-state index contributed by atoms with van der Waals surface area (Å²) in [6.07, 6.45) is 2.54. The van der Waals surface area contributed by atoms with Crippen LogP contribution in [0.25, 0.3) is 0 Å². The molecule has 0 fully saturated rings. The fraction of sp³-hybridized carbons (Fsp3) is 0.400. The quantitative estimate of drug-likeness (QED) is 0.350. The van der Waals surface area contributed by atoms with Gasteiger partial charge in [-0.3, -0.25) is 0 Å². The highest BCUT2D eigenvalue weighted by atomic mass is 32.1. The van der Waals surface area contributed by atoms with Crippen molar-refractivity contribution in [2.75, 3.05) is 6.61 Å². The van der Waals surface area contributed by atoms with Gasteiger partial charge < -0.3 is 10.5 Å². The van der Waals surface area contributed by atoms with Crippen molar-refractivity contribution in [2.45, 2.75) is 6.42 Å². The molecule has 0 atom stereocenters. The Balaban J connectivity index is 2.93. The number of hydrogen-bond acceptors (Lipinski definition) is 2.